The largest absolute Gasteiger partial charge is 0.375 e. The lowest BCUT2D eigenvalue weighted by Crippen LogP contribution is -2.29. The molecule has 9 heteroatoms. The number of aromatic nitrogens is 5. The van der Waals surface area contributed by atoms with Gasteiger partial charge in [0.2, 0.25) is 5.82 Å². The maximum atomic E-state index is 12.8. The zero-order valence-electron chi connectivity index (χ0n) is 16.2. The molecule has 1 amide bonds. The summed E-state index contributed by atoms with van der Waals surface area (Å²) in [6.07, 6.45) is 4.76. The number of carbonyl (C=O) groups excluding carboxylic acids is 1. The van der Waals surface area contributed by atoms with Gasteiger partial charge in [0.05, 0.1) is 11.7 Å². The van der Waals surface area contributed by atoms with Crippen molar-refractivity contribution in [1.29, 1.82) is 0 Å². The van der Waals surface area contributed by atoms with Crippen LogP contribution in [0.15, 0.2) is 22.7 Å². The van der Waals surface area contributed by atoms with Gasteiger partial charge in [-0.15, -0.1) is 5.10 Å². The fourth-order valence-corrected chi connectivity index (χ4v) is 4.18. The van der Waals surface area contributed by atoms with E-state index in [-0.39, 0.29) is 11.9 Å². The standard InChI is InChI=1S/C20H22N6O3/c1-28-11-17-22-19(24-29-17)13-5-7-14-12(10-13)6-8-15(14)21-20(27)18-16-4-2-3-9-26(16)25-23-18/h5,7,10,15H,2-4,6,8-9,11H2,1H3,(H,21,27)/t15-/m1/s1. The highest BCUT2D eigenvalue weighted by atomic mass is 16.5. The quantitative estimate of drug-likeness (QED) is 0.707. The summed E-state index contributed by atoms with van der Waals surface area (Å²) in [6, 6.07) is 6.05. The van der Waals surface area contributed by atoms with Gasteiger partial charge >= 0.3 is 0 Å². The summed E-state index contributed by atoms with van der Waals surface area (Å²) < 4.78 is 12.1. The van der Waals surface area contributed by atoms with Gasteiger partial charge in [0, 0.05) is 19.2 Å². The number of hydrogen-bond donors (Lipinski definition) is 1. The van der Waals surface area contributed by atoms with Crippen LogP contribution in [0.5, 0.6) is 0 Å². The fraction of sp³-hybridized carbons (Fsp3) is 0.450. The lowest BCUT2D eigenvalue weighted by Gasteiger charge is -2.16. The van der Waals surface area contributed by atoms with Crippen molar-refractivity contribution in [3.8, 4) is 11.4 Å². The molecule has 2 aromatic heterocycles. The molecule has 0 unspecified atom stereocenters. The molecule has 1 atom stereocenters. The number of nitrogens with zero attached hydrogens (tertiary/aromatic N) is 5. The summed E-state index contributed by atoms with van der Waals surface area (Å²) in [7, 11) is 1.59. The van der Waals surface area contributed by atoms with E-state index >= 15 is 0 Å². The molecule has 0 saturated carbocycles. The van der Waals surface area contributed by atoms with Crippen LogP contribution in [0.2, 0.25) is 0 Å². The Morgan fingerprint density at radius 3 is 3.17 bits per heavy atom. The third kappa shape index (κ3) is 3.31. The van der Waals surface area contributed by atoms with E-state index in [1.165, 1.54) is 5.56 Å². The molecule has 0 spiro atoms. The van der Waals surface area contributed by atoms with Crippen LogP contribution in [-0.4, -0.2) is 38.2 Å². The first-order valence-electron chi connectivity index (χ1n) is 9.91. The van der Waals surface area contributed by atoms with Crippen LogP contribution >= 0.6 is 0 Å². The second-order valence-electron chi connectivity index (χ2n) is 7.49. The van der Waals surface area contributed by atoms with Crippen molar-refractivity contribution < 1.29 is 14.1 Å². The summed E-state index contributed by atoms with van der Waals surface area (Å²) in [6.45, 7) is 1.13. The lowest BCUT2D eigenvalue weighted by atomic mass is 10.0. The average Bonchev–Trinajstić information content (AvgIpc) is 3.46. The number of benzene rings is 1. The number of ether oxygens (including phenoxy) is 1. The van der Waals surface area contributed by atoms with Crippen molar-refractivity contribution in [2.75, 3.05) is 7.11 Å². The lowest BCUT2D eigenvalue weighted by molar-refractivity contribution is 0.0930. The number of aryl methyl sites for hydroxylation is 2. The molecular weight excluding hydrogens is 372 g/mol. The molecule has 5 rings (SSSR count). The number of nitrogens with one attached hydrogen (secondary N) is 1. The van der Waals surface area contributed by atoms with E-state index in [0.29, 0.717) is 24.0 Å². The third-order valence-electron chi connectivity index (χ3n) is 5.61. The first kappa shape index (κ1) is 18.0. The Bertz CT molecular complexity index is 1060. The van der Waals surface area contributed by atoms with Gasteiger partial charge < -0.3 is 14.6 Å². The van der Waals surface area contributed by atoms with E-state index in [0.717, 1.165) is 55.5 Å². The molecule has 29 heavy (non-hydrogen) atoms. The topological polar surface area (TPSA) is 108 Å². The van der Waals surface area contributed by atoms with E-state index in [1.807, 2.05) is 16.8 Å². The number of amides is 1. The highest BCUT2D eigenvalue weighted by Crippen LogP contribution is 2.34. The van der Waals surface area contributed by atoms with Crippen molar-refractivity contribution in [2.45, 2.75) is 51.3 Å². The number of carbonyl (C=O) groups is 1. The van der Waals surface area contributed by atoms with Crippen LogP contribution in [0, 0.1) is 0 Å². The van der Waals surface area contributed by atoms with E-state index < -0.39 is 0 Å². The van der Waals surface area contributed by atoms with Crippen molar-refractivity contribution in [2.24, 2.45) is 0 Å². The number of rotatable bonds is 5. The fourth-order valence-electron chi connectivity index (χ4n) is 4.18. The molecule has 9 nitrogen and oxygen atoms in total. The summed E-state index contributed by atoms with van der Waals surface area (Å²) in [5, 5.41) is 15.4. The zero-order valence-corrected chi connectivity index (χ0v) is 16.2. The predicted octanol–water partition coefficient (Wildman–Crippen LogP) is 2.23. The molecule has 0 radical (unpaired) electrons. The molecule has 3 aromatic rings. The van der Waals surface area contributed by atoms with Crippen LogP contribution in [0.4, 0.5) is 0 Å². The zero-order chi connectivity index (χ0) is 19.8. The smallest absolute Gasteiger partial charge is 0.274 e. The molecule has 0 bridgehead atoms. The minimum atomic E-state index is -0.141. The van der Waals surface area contributed by atoms with E-state index in [1.54, 1.807) is 7.11 Å². The molecule has 0 fully saturated rings. The first-order chi connectivity index (χ1) is 14.2. The van der Waals surface area contributed by atoms with Crippen molar-refractivity contribution >= 4 is 5.91 Å². The van der Waals surface area contributed by atoms with Crippen LogP contribution in [-0.2, 0) is 30.7 Å². The minimum Gasteiger partial charge on any atom is -0.375 e. The first-order valence-corrected chi connectivity index (χ1v) is 9.91. The normalized spacial score (nSPS) is 17.8. The maximum absolute atomic E-state index is 12.8. The maximum Gasteiger partial charge on any atom is 0.274 e. The Morgan fingerprint density at radius 1 is 1.34 bits per heavy atom. The number of fused-ring (bicyclic) bond motifs is 2. The summed E-state index contributed by atoms with van der Waals surface area (Å²) in [5.74, 6) is 0.852. The van der Waals surface area contributed by atoms with Gasteiger partial charge in [-0.25, -0.2) is 4.68 Å². The molecule has 1 N–H and O–H groups in total. The monoisotopic (exact) mass is 394 g/mol. The van der Waals surface area contributed by atoms with Gasteiger partial charge in [0.25, 0.3) is 11.8 Å². The van der Waals surface area contributed by atoms with E-state index in [9.17, 15) is 4.79 Å². The Morgan fingerprint density at radius 2 is 2.28 bits per heavy atom. The van der Waals surface area contributed by atoms with Crippen LogP contribution in [0.3, 0.4) is 0 Å². The van der Waals surface area contributed by atoms with Gasteiger partial charge in [-0.2, -0.15) is 4.98 Å². The van der Waals surface area contributed by atoms with Crippen LogP contribution in [0.25, 0.3) is 11.4 Å². The number of methoxy groups -OCH3 is 1. The second-order valence-corrected chi connectivity index (χ2v) is 7.49. The average molecular weight is 394 g/mol. The molecule has 1 aliphatic carbocycles. The van der Waals surface area contributed by atoms with Crippen molar-refractivity contribution in [3.63, 3.8) is 0 Å². The second kappa shape index (κ2) is 7.40. The molecule has 3 heterocycles. The molecule has 150 valence electrons. The van der Waals surface area contributed by atoms with Gasteiger partial charge in [-0.3, -0.25) is 4.79 Å². The van der Waals surface area contributed by atoms with Gasteiger partial charge in [0.15, 0.2) is 5.69 Å². The molecular formula is C20H22N6O3. The molecule has 2 aliphatic rings. The summed E-state index contributed by atoms with van der Waals surface area (Å²) in [5.41, 5.74) is 4.63. The highest BCUT2D eigenvalue weighted by molar-refractivity contribution is 5.93. The van der Waals surface area contributed by atoms with Gasteiger partial charge in [-0.1, -0.05) is 22.5 Å². The van der Waals surface area contributed by atoms with E-state index in [4.69, 9.17) is 9.26 Å². The van der Waals surface area contributed by atoms with Crippen molar-refractivity contribution in [1.82, 2.24) is 30.5 Å². The van der Waals surface area contributed by atoms with Gasteiger partial charge in [0.1, 0.15) is 6.61 Å². The molecule has 1 aromatic carbocycles. The highest BCUT2D eigenvalue weighted by Gasteiger charge is 2.28. The van der Waals surface area contributed by atoms with Crippen molar-refractivity contribution in [3.05, 3.63) is 46.6 Å². The minimum absolute atomic E-state index is 0.0261. The Balaban J connectivity index is 1.33. The number of hydrogen-bond acceptors (Lipinski definition) is 7. The molecule has 0 saturated heterocycles. The van der Waals surface area contributed by atoms with Crippen LogP contribution in [0.1, 0.15) is 58.5 Å². The third-order valence-corrected chi connectivity index (χ3v) is 5.61. The SMILES string of the molecule is COCc1nc(-c2ccc3c(c2)CC[C@H]3NC(=O)c2nnn3c2CCCC3)no1. The van der Waals surface area contributed by atoms with Gasteiger partial charge in [-0.05, 0) is 49.3 Å². The van der Waals surface area contributed by atoms with E-state index in [2.05, 4.69) is 31.8 Å². The Hall–Kier alpha value is -3.07. The summed E-state index contributed by atoms with van der Waals surface area (Å²) >= 11 is 0. The molecule has 1 aliphatic heterocycles. The predicted molar refractivity (Wildman–Crippen MR) is 102 cm³/mol. The Labute approximate surface area is 167 Å². The summed E-state index contributed by atoms with van der Waals surface area (Å²) in [4.78, 5) is 17.2. The van der Waals surface area contributed by atoms with Crippen LogP contribution < -0.4 is 5.32 Å². The Kier molecular flexibility index (Phi) is 4.59.